The molecule has 1 aliphatic rings. The van der Waals surface area contributed by atoms with E-state index in [2.05, 4.69) is 19.1 Å². The molecule has 0 aliphatic heterocycles. The molecule has 1 heterocycles. The van der Waals surface area contributed by atoms with Gasteiger partial charge < -0.3 is 5.73 Å². The van der Waals surface area contributed by atoms with E-state index in [0.29, 0.717) is 6.04 Å². The monoisotopic (exact) mass is 195 g/mol. The van der Waals surface area contributed by atoms with Crippen LogP contribution >= 0.6 is 11.3 Å². The third-order valence-corrected chi connectivity index (χ3v) is 4.10. The number of rotatable bonds is 1. The highest BCUT2D eigenvalue weighted by atomic mass is 32.1. The molecule has 2 heteroatoms. The Morgan fingerprint density at radius 3 is 2.46 bits per heavy atom. The maximum absolute atomic E-state index is 5.88. The van der Waals surface area contributed by atoms with Crippen LogP contribution in [-0.2, 0) is 0 Å². The highest BCUT2D eigenvalue weighted by Crippen LogP contribution is 2.35. The van der Waals surface area contributed by atoms with Gasteiger partial charge in [0.25, 0.3) is 0 Å². The first-order valence-electron chi connectivity index (χ1n) is 5.07. The number of nitrogens with two attached hydrogens (primary N) is 1. The summed E-state index contributed by atoms with van der Waals surface area (Å²) >= 11 is 1.95. The molecule has 1 fully saturated rings. The fourth-order valence-corrected chi connectivity index (χ4v) is 3.12. The Bertz CT molecular complexity index is 271. The molecule has 1 aromatic heterocycles. The first-order chi connectivity index (χ1) is 6.25. The molecule has 72 valence electrons. The van der Waals surface area contributed by atoms with E-state index in [1.807, 2.05) is 11.3 Å². The van der Waals surface area contributed by atoms with Crippen LogP contribution in [0.4, 0.5) is 0 Å². The number of aryl methyl sites for hydroxylation is 1. The summed E-state index contributed by atoms with van der Waals surface area (Å²) in [6.07, 6.45) is 5.01. The quantitative estimate of drug-likeness (QED) is 0.732. The zero-order valence-electron chi connectivity index (χ0n) is 8.12. The predicted molar refractivity (Wildman–Crippen MR) is 58.2 cm³/mol. The third kappa shape index (κ3) is 2.12. The van der Waals surface area contributed by atoms with Crippen molar-refractivity contribution in [3.05, 3.63) is 21.9 Å². The van der Waals surface area contributed by atoms with Crippen LogP contribution in [0.2, 0.25) is 0 Å². The third-order valence-electron chi connectivity index (χ3n) is 2.94. The average Bonchev–Trinajstić information content (AvgIpc) is 2.53. The molecule has 1 saturated carbocycles. The summed E-state index contributed by atoms with van der Waals surface area (Å²) < 4.78 is 0. The lowest BCUT2D eigenvalue weighted by Gasteiger charge is -2.25. The maximum atomic E-state index is 5.88. The maximum Gasteiger partial charge on any atom is 0.00790 e. The first-order valence-corrected chi connectivity index (χ1v) is 5.89. The van der Waals surface area contributed by atoms with Gasteiger partial charge in [-0.3, -0.25) is 0 Å². The van der Waals surface area contributed by atoms with E-state index in [9.17, 15) is 0 Å². The van der Waals surface area contributed by atoms with Crippen molar-refractivity contribution < 1.29 is 0 Å². The van der Waals surface area contributed by atoms with E-state index >= 15 is 0 Å². The molecule has 1 aromatic rings. The summed E-state index contributed by atoms with van der Waals surface area (Å²) in [4.78, 5) is 3.01. The lowest BCUT2D eigenvalue weighted by Crippen LogP contribution is -2.25. The lowest BCUT2D eigenvalue weighted by atomic mass is 9.85. The van der Waals surface area contributed by atoms with Gasteiger partial charge in [-0.15, -0.1) is 11.3 Å². The van der Waals surface area contributed by atoms with Crippen molar-refractivity contribution in [3.63, 3.8) is 0 Å². The number of hydrogen-bond donors (Lipinski definition) is 1. The van der Waals surface area contributed by atoms with Gasteiger partial charge >= 0.3 is 0 Å². The Morgan fingerprint density at radius 1 is 1.23 bits per heavy atom. The van der Waals surface area contributed by atoms with Crippen LogP contribution in [0.15, 0.2) is 12.1 Å². The van der Waals surface area contributed by atoms with Crippen LogP contribution in [0.1, 0.15) is 41.4 Å². The van der Waals surface area contributed by atoms with Gasteiger partial charge in [0, 0.05) is 15.8 Å². The standard InChI is InChI=1S/C11H17NS/c1-8-2-7-11(13-8)9-3-5-10(12)6-4-9/h2,7,9-10H,3-6,12H2,1H3. The predicted octanol–water partition coefficient (Wildman–Crippen LogP) is 3.04. The number of thiophene rings is 1. The Balaban J connectivity index is 2.02. The van der Waals surface area contributed by atoms with Gasteiger partial charge in [0.15, 0.2) is 0 Å². The molecule has 0 radical (unpaired) electrons. The largest absolute Gasteiger partial charge is 0.328 e. The van der Waals surface area contributed by atoms with Crippen molar-refractivity contribution in [1.29, 1.82) is 0 Å². The summed E-state index contributed by atoms with van der Waals surface area (Å²) in [5, 5.41) is 0. The van der Waals surface area contributed by atoms with Crippen LogP contribution in [0.5, 0.6) is 0 Å². The van der Waals surface area contributed by atoms with Crippen molar-refractivity contribution in [3.8, 4) is 0 Å². The second-order valence-corrected chi connectivity index (χ2v) is 5.38. The topological polar surface area (TPSA) is 26.0 Å². The van der Waals surface area contributed by atoms with E-state index in [1.165, 1.54) is 30.6 Å². The zero-order valence-corrected chi connectivity index (χ0v) is 8.94. The second-order valence-electron chi connectivity index (χ2n) is 4.06. The highest BCUT2D eigenvalue weighted by molar-refractivity contribution is 7.12. The molecule has 0 unspecified atom stereocenters. The molecule has 0 bridgehead atoms. The van der Waals surface area contributed by atoms with Gasteiger partial charge in [0.1, 0.15) is 0 Å². The van der Waals surface area contributed by atoms with Crippen molar-refractivity contribution in [2.75, 3.05) is 0 Å². The number of hydrogen-bond acceptors (Lipinski definition) is 2. The molecule has 1 aliphatic carbocycles. The Kier molecular flexibility index (Phi) is 2.70. The summed E-state index contributed by atoms with van der Waals surface area (Å²) in [6.45, 7) is 2.18. The lowest BCUT2D eigenvalue weighted by molar-refractivity contribution is 0.399. The molecular weight excluding hydrogens is 178 g/mol. The normalized spacial score (nSPS) is 29.1. The smallest absolute Gasteiger partial charge is 0.00790 e. The van der Waals surface area contributed by atoms with E-state index in [4.69, 9.17) is 5.73 Å². The molecule has 0 aromatic carbocycles. The van der Waals surface area contributed by atoms with Gasteiger partial charge in [-0.05, 0) is 50.7 Å². The van der Waals surface area contributed by atoms with Crippen LogP contribution in [0, 0.1) is 6.92 Å². The van der Waals surface area contributed by atoms with Crippen molar-refractivity contribution in [2.24, 2.45) is 5.73 Å². The summed E-state index contributed by atoms with van der Waals surface area (Å²) in [5.41, 5.74) is 5.88. The Labute approximate surface area is 84.0 Å². The van der Waals surface area contributed by atoms with Crippen LogP contribution < -0.4 is 5.73 Å². The SMILES string of the molecule is Cc1ccc(C2CCC(N)CC2)s1. The minimum absolute atomic E-state index is 0.470. The van der Waals surface area contributed by atoms with E-state index in [0.717, 1.165) is 5.92 Å². The summed E-state index contributed by atoms with van der Waals surface area (Å²) in [7, 11) is 0. The van der Waals surface area contributed by atoms with E-state index < -0.39 is 0 Å². The van der Waals surface area contributed by atoms with Crippen molar-refractivity contribution >= 4 is 11.3 Å². The first kappa shape index (κ1) is 9.22. The highest BCUT2D eigenvalue weighted by Gasteiger charge is 2.20. The van der Waals surface area contributed by atoms with Gasteiger partial charge in [-0.2, -0.15) is 0 Å². The molecule has 13 heavy (non-hydrogen) atoms. The molecule has 0 amide bonds. The minimum Gasteiger partial charge on any atom is -0.328 e. The molecule has 2 N–H and O–H groups in total. The summed E-state index contributed by atoms with van der Waals surface area (Å²) in [6, 6.07) is 4.99. The Morgan fingerprint density at radius 2 is 1.92 bits per heavy atom. The zero-order chi connectivity index (χ0) is 9.26. The van der Waals surface area contributed by atoms with Gasteiger partial charge in [-0.25, -0.2) is 0 Å². The van der Waals surface area contributed by atoms with Crippen LogP contribution in [-0.4, -0.2) is 6.04 Å². The Hall–Kier alpha value is -0.340. The van der Waals surface area contributed by atoms with Gasteiger partial charge in [0.2, 0.25) is 0 Å². The van der Waals surface area contributed by atoms with Crippen LogP contribution in [0.3, 0.4) is 0 Å². The van der Waals surface area contributed by atoms with E-state index in [1.54, 1.807) is 4.88 Å². The molecule has 0 saturated heterocycles. The van der Waals surface area contributed by atoms with Crippen molar-refractivity contribution in [1.82, 2.24) is 0 Å². The average molecular weight is 195 g/mol. The molecule has 0 spiro atoms. The summed E-state index contributed by atoms with van der Waals surface area (Å²) in [5.74, 6) is 0.804. The molecular formula is C11H17NS. The van der Waals surface area contributed by atoms with Crippen molar-refractivity contribution in [2.45, 2.75) is 44.6 Å². The van der Waals surface area contributed by atoms with Crippen LogP contribution in [0.25, 0.3) is 0 Å². The fourth-order valence-electron chi connectivity index (χ4n) is 2.08. The van der Waals surface area contributed by atoms with Gasteiger partial charge in [0.05, 0.1) is 0 Å². The second kappa shape index (κ2) is 3.81. The minimum atomic E-state index is 0.470. The van der Waals surface area contributed by atoms with E-state index in [-0.39, 0.29) is 0 Å². The molecule has 2 rings (SSSR count). The molecule has 0 atom stereocenters. The van der Waals surface area contributed by atoms with Gasteiger partial charge in [-0.1, -0.05) is 0 Å². The molecule has 1 nitrogen and oxygen atoms in total. The fraction of sp³-hybridized carbons (Fsp3) is 0.636.